The molecule has 1 aliphatic carbocycles. The molecule has 3 nitrogen and oxygen atoms in total. The van der Waals surface area contributed by atoms with E-state index in [0.29, 0.717) is 0 Å². The van der Waals surface area contributed by atoms with E-state index in [2.05, 4.69) is 6.58 Å². The summed E-state index contributed by atoms with van der Waals surface area (Å²) < 4.78 is 10.5. The van der Waals surface area contributed by atoms with E-state index < -0.39 is 0 Å². The molecule has 0 radical (unpaired) electrons. The monoisotopic (exact) mass is 196 g/mol. The van der Waals surface area contributed by atoms with Gasteiger partial charge in [-0.25, -0.2) is 4.79 Å². The molecule has 0 amide bonds. The zero-order valence-electron chi connectivity index (χ0n) is 8.33. The third-order valence-electron chi connectivity index (χ3n) is 3.03. The number of carbonyl (C=O) groups is 1. The largest absolute Gasteiger partial charge is 0.459 e. The lowest BCUT2D eigenvalue weighted by Crippen LogP contribution is -2.25. The van der Waals surface area contributed by atoms with Gasteiger partial charge in [-0.3, -0.25) is 0 Å². The number of carbonyl (C=O) groups excluding carboxylic acids is 1. The Morgan fingerprint density at radius 3 is 2.86 bits per heavy atom. The highest BCUT2D eigenvalue weighted by Crippen LogP contribution is 2.48. The van der Waals surface area contributed by atoms with Crippen molar-refractivity contribution < 1.29 is 14.3 Å². The Morgan fingerprint density at radius 2 is 2.21 bits per heavy atom. The smallest absolute Gasteiger partial charge is 0.338 e. The van der Waals surface area contributed by atoms with Crippen LogP contribution in [0.2, 0.25) is 0 Å². The third kappa shape index (κ3) is 1.69. The van der Waals surface area contributed by atoms with E-state index in [9.17, 15) is 4.79 Å². The van der Waals surface area contributed by atoms with Crippen molar-refractivity contribution in [1.29, 1.82) is 0 Å². The third-order valence-corrected chi connectivity index (χ3v) is 3.03. The van der Waals surface area contributed by atoms with E-state index in [1.807, 2.05) is 0 Å². The molecule has 0 aromatic carbocycles. The summed E-state index contributed by atoms with van der Waals surface area (Å²) in [7, 11) is 0. The first-order chi connectivity index (χ1) is 6.78. The van der Waals surface area contributed by atoms with Crippen LogP contribution in [-0.4, -0.2) is 24.3 Å². The number of hydrogen-bond donors (Lipinski definition) is 0. The highest BCUT2D eigenvalue weighted by Gasteiger charge is 2.61. The van der Waals surface area contributed by atoms with Gasteiger partial charge in [-0.15, -0.1) is 0 Å². The Labute approximate surface area is 84.1 Å². The van der Waals surface area contributed by atoms with Crippen LogP contribution >= 0.6 is 0 Å². The molecule has 1 aliphatic heterocycles. The normalized spacial score (nSPS) is 28.4. The molecule has 1 saturated carbocycles. The van der Waals surface area contributed by atoms with Crippen LogP contribution in [-0.2, 0) is 14.3 Å². The molecule has 78 valence electrons. The minimum atomic E-state index is -0.289. The number of esters is 1. The molecular weight excluding hydrogens is 180 g/mol. The van der Waals surface area contributed by atoms with E-state index in [4.69, 9.17) is 9.47 Å². The van der Waals surface area contributed by atoms with Gasteiger partial charge in [0.05, 0.1) is 0 Å². The fourth-order valence-corrected chi connectivity index (χ4v) is 2.21. The van der Waals surface area contributed by atoms with Crippen molar-refractivity contribution >= 4 is 5.97 Å². The van der Waals surface area contributed by atoms with Crippen molar-refractivity contribution in [2.24, 2.45) is 0 Å². The molecule has 1 heterocycles. The van der Waals surface area contributed by atoms with Crippen molar-refractivity contribution in [1.82, 2.24) is 0 Å². The van der Waals surface area contributed by atoms with E-state index in [1.54, 1.807) is 6.08 Å². The SMILES string of the molecule is C=CCOC(=O)C1OC12CCCCC2. The molecule has 2 aliphatic rings. The van der Waals surface area contributed by atoms with Gasteiger partial charge in [0.25, 0.3) is 0 Å². The summed E-state index contributed by atoms with van der Waals surface area (Å²) in [5.41, 5.74) is -0.142. The Balaban J connectivity index is 1.84. The Morgan fingerprint density at radius 1 is 1.50 bits per heavy atom. The average molecular weight is 196 g/mol. The quantitative estimate of drug-likeness (QED) is 0.392. The summed E-state index contributed by atoms with van der Waals surface area (Å²) in [5.74, 6) is -0.216. The van der Waals surface area contributed by atoms with Gasteiger partial charge in [0.15, 0.2) is 6.10 Å². The summed E-state index contributed by atoms with van der Waals surface area (Å²) in [6.45, 7) is 3.78. The van der Waals surface area contributed by atoms with Gasteiger partial charge in [-0.1, -0.05) is 31.9 Å². The maximum absolute atomic E-state index is 11.4. The van der Waals surface area contributed by atoms with Crippen LogP contribution in [0.15, 0.2) is 12.7 Å². The molecule has 2 fully saturated rings. The Kier molecular flexibility index (Phi) is 2.59. The first kappa shape index (κ1) is 9.71. The lowest BCUT2D eigenvalue weighted by Gasteiger charge is -2.17. The lowest BCUT2D eigenvalue weighted by molar-refractivity contribution is -0.143. The highest BCUT2D eigenvalue weighted by molar-refractivity contribution is 5.79. The summed E-state index contributed by atoms with van der Waals surface area (Å²) >= 11 is 0. The van der Waals surface area contributed by atoms with Gasteiger partial charge < -0.3 is 9.47 Å². The molecule has 1 unspecified atom stereocenters. The van der Waals surface area contributed by atoms with E-state index >= 15 is 0 Å². The van der Waals surface area contributed by atoms with Crippen LogP contribution < -0.4 is 0 Å². The maximum Gasteiger partial charge on any atom is 0.338 e. The molecule has 0 aromatic heterocycles. The molecule has 2 rings (SSSR count). The van der Waals surface area contributed by atoms with Crippen LogP contribution in [0.5, 0.6) is 0 Å². The number of rotatable bonds is 3. The van der Waals surface area contributed by atoms with Crippen LogP contribution in [0.1, 0.15) is 32.1 Å². The predicted molar refractivity (Wildman–Crippen MR) is 51.8 cm³/mol. The van der Waals surface area contributed by atoms with Crippen molar-refractivity contribution in [3.05, 3.63) is 12.7 Å². The number of epoxide rings is 1. The highest BCUT2D eigenvalue weighted by atomic mass is 16.7. The summed E-state index contributed by atoms with van der Waals surface area (Å²) in [6.07, 6.45) is 6.92. The Hall–Kier alpha value is -0.830. The van der Waals surface area contributed by atoms with E-state index in [1.165, 1.54) is 19.3 Å². The standard InChI is InChI=1S/C11H16O3/c1-2-8-13-10(12)9-11(14-9)6-4-3-5-7-11/h2,9H,1,3-8H2. The van der Waals surface area contributed by atoms with Gasteiger partial charge in [0.1, 0.15) is 12.2 Å². The van der Waals surface area contributed by atoms with Crippen LogP contribution in [0.3, 0.4) is 0 Å². The molecule has 1 spiro atoms. The molecule has 14 heavy (non-hydrogen) atoms. The molecule has 0 N–H and O–H groups in total. The van der Waals surface area contributed by atoms with Crippen LogP contribution in [0.25, 0.3) is 0 Å². The second-order valence-corrected chi connectivity index (χ2v) is 4.04. The van der Waals surface area contributed by atoms with Gasteiger partial charge in [0, 0.05) is 0 Å². The second kappa shape index (κ2) is 3.73. The van der Waals surface area contributed by atoms with Crippen LogP contribution in [0, 0.1) is 0 Å². The number of ether oxygens (including phenoxy) is 2. The lowest BCUT2D eigenvalue weighted by atomic mass is 9.86. The van der Waals surface area contributed by atoms with Gasteiger partial charge >= 0.3 is 5.97 Å². The summed E-state index contributed by atoms with van der Waals surface area (Å²) in [4.78, 5) is 11.4. The second-order valence-electron chi connectivity index (χ2n) is 4.04. The molecule has 3 heteroatoms. The van der Waals surface area contributed by atoms with Gasteiger partial charge in [-0.2, -0.15) is 0 Å². The summed E-state index contributed by atoms with van der Waals surface area (Å²) in [6, 6.07) is 0. The fourth-order valence-electron chi connectivity index (χ4n) is 2.21. The molecule has 0 aromatic rings. The zero-order chi connectivity index (χ0) is 10.0. The van der Waals surface area contributed by atoms with Gasteiger partial charge in [0.2, 0.25) is 0 Å². The van der Waals surface area contributed by atoms with Crippen molar-refractivity contribution in [3.8, 4) is 0 Å². The first-order valence-corrected chi connectivity index (χ1v) is 5.24. The van der Waals surface area contributed by atoms with Crippen molar-refractivity contribution in [2.75, 3.05) is 6.61 Å². The van der Waals surface area contributed by atoms with E-state index in [-0.39, 0.29) is 24.3 Å². The minimum absolute atomic E-state index is 0.142. The zero-order valence-corrected chi connectivity index (χ0v) is 8.33. The molecule has 1 atom stereocenters. The predicted octanol–water partition coefficient (Wildman–Crippen LogP) is 1.82. The Bertz CT molecular complexity index is 241. The van der Waals surface area contributed by atoms with E-state index in [0.717, 1.165) is 12.8 Å². The topological polar surface area (TPSA) is 38.8 Å². The van der Waals surface area contributed by atoms with Crippen molar-refractivity contribution in [3.63, 3.8) is 0 Å². The van der Waals surface area contributed by atoms with Crippen molar-refractivity contribution in [2.45, 2.75) is 43.8 Å². The summed E-state index contributed by atoms with van der Waals surface area (Å²) in [5, 5.41) is 0. The number of hydrogen-bond acceptors (Lipinski definition) is 3. The van der Waals surface area contributed by atoms with Gasteiger partial charge in [-0.05, 0) is 12.8 Å². The first-order valence-electron chi connectivity index (χ1n) is 5.24. The molecule has 0 bridgehead atoms. The fraction of sp³-hybridized carbons (Fsp3) is 0.727. The van der Waals surface area contributed by atoms with Crippen LogP contribution in [0.4, 0.5) is 0 Å². The molecule has 1 saturated heterocycles. The maximum atomic E-state index is 11.4. The molecular formula is C11H16O3. The average Bonchev–Trinajstić information content (AvgIpc) is 2.90. The minimum Gasteiger partial charge on any atom is -0.459 e.